The highest BCUT2D eigenvalue weighted by Gasteiger charge is 2.17. The monoisotopic (exact) mass is 399 g/mol. The number of thioether (sulfide) groups is 1. The number of carbonyl (C=O) groups excluding carboxylic acids is 1. The second-order valence-corrected chi connectivity index (χ2v) is 8.41. The third kappa shape index (κ3) is 5.80. The quantitative estimate of drug-likeness (QED) is 0.454. The van der Waals surface area contributed by atoms with Crippen molar-refractivity contribution in [2.24, 2.45) is 0 Å². The van der Waals surface area contributed by atoms with E-state index in [1.54, 1.807) is 18.7 Å². The minimum Gasteiger partial charge on any atom is -0.481 e. The lowest BCUT2D eigenvalue weighted by atomic mass is 10.2. The lowest BCUT2D eigenvalue weighted by Crippen LogP contribution is -2.30. The van der Waals surface area contributed by atoms with E-state index in [9.17, 15) is 4.79 Å². The average Bonchev–Trinajstić information content (AvgIpc) is 3.08. The summed E-state index contributed by atoms with van der Waals surface area (Å²) in [6, 6.07) is 16.0. The van der Waals surface area contributed by atoms with Crippen molar-refractivity contribution in [3.63, 3.8) is 0 Å². The maximum absolute atomic E-state index is 12.3. The molecule has 1 amide bonds. The fourth-order valence-electron chi connectivity index (χ4n) is 2.30. The van der Waals surface area contributed by atoms with E-state index in [2.05, 4.69) is 46.7 Å². The molecule has 140 valence electrons. The molecule has 0 saturated heterocycles. The van der Waals surface area contributed by atoms with Crippen molar-refractivity contribution in [3.8, 4) is 5.75 Å². The van der Waals surface area contributed by atoms with Crippen LogP contribution in [0.3, 0.4) is 0 Å². The molecule has 0 radical (unpaired) electrons. The van der Waals surface area contributed by atoms with Gasteiger partial charge in [0.15, 0.2) is 10.4 Å². The zero-order valence-corrected chi connectivity index (χ0v) is 17.1. The molecule has 1 atom stereocenters. The molecule has 0 spiro atoms. The Morgan fingerprint density at radius 2 is 1.93 bits per heavy atom. The lowest BCUT2D eigenvalue weighted by molar-refractivity contribution is -0.122. The number of benzene rings is 2. The molecule has 0 aliphatic carbocycles. The van der Waals surface area contributed by atoms with Gasteiger partial charge in [0.2, 0.25) is 5.13 Å². The zero-order valence-electron chi connectivity index (χ0n) is 15.4. The first-order chi connectivity index (χ1) is 13.0. The first-order valence-corrected chi connectivity index (χ1v) is 10.4. The Balaban J connectivity index is 1.51. The summed E-state index contributed by atoms with van der Waals surface area (Å²) in [6.45, 7) is 5.76. The van der Waals surface area contributed by atoms with Gasteiger partial charge < -0.3 is 4.74 Å². The van der Waals surface area contributed by atoms with Crippen LogP contribution in [0.1, 0.15) is 23.6 Å². The van der Waals surface area contributed by atoms with Gasteiger partial charge in [-0.2, -0.15) is 0 Å². The second kappa shape index (κ2) is 9.01. The van der Waals surface area contributed by atoms with Crippen LogP contribution in [0.15, 0.2) is 52.9 Å². The van der Waals surface area contributed by atoms with Gasteiger partial charge in [0.25, 0.3) is 5.91 Å². The minimum absolute atomic E-state index is 0.247. The molecule has 1 N–H and O–H groups in total. The number of ether oxygens (including phenoxy) is 1. The number of amides is 1. The van der Waals surface area contributed by atoms with Gasteiger partial charge in [-0.3, -0.25) is 10.1 Å². The molecule has 0 unspecified atom stereocenters. The third-order valence-corrected chi connectivity index (χ3v) is 5.83. The highest BCUT2D eigenvalue weighted by atomic mass is 32.2. The maximum Gasteiger partial charge on any atom is 0.266 e. The molecule has 0 fully saturated rings. The van der Waals surface area contributed by atoms with E-state index in [1.807, 2.05) is 31.2 Å². The molecular formula is C20H21N3O2S2. The van der Waals surface area contributed by atoms with Gasteiger partial charge >= 0.3 is 0 Å². The summed E-state index contributed by atoms with van der Waals surface area (Å²) in [6.07, 6.45) is -0.626. The van der Waals surface area contributed by atoms with Gasteiger partial charge in [0.1, 0.15) is 5.75 Å². The van der Waals surface area contributed by atoms with E-state index >= 15 is 0 Å². The molecular weight excluding hydrogens is 378 g/mol. The molecule has 27 heavy (non-hydrogen) atoms. The summed E-state index contributed by atoms with van der Waals surface area (Å²) in [5.41, 5.74) is 3.55. The number of hydrogen-bond acceptors (Lipinski definition) is 6. The van der Waals surface area contributed by atoms with Crippen LogP contribution in [0.4, 0.5) is 5.13 Å². The van der Waals surface area contributed by atoms with Crippen LogP contribution in [-0.4, -0.2) is 22.2 Å². The number of nitrogens with one attached hydrogen (secondary N) is 1. The first kappa shape index (κ1) is 19.4. The van der Waals surface area contributed by atoms with Crippen LogP contribution in [-0.2, 0) is 10.5 Å². The number of aromatic nitrogens is 2. The Bertz CT molecular complexity index is 910. The van der Waals surface area contributed by atoms with Crippen molar-refractivity contribution in [2.75, 3.05) is 5.32 Å². The van der Waals surface area contributed by atoms with Crippen LogP contribution in [0.5, 0.6) is 5.75 Å². The Morgan fingerprint density at radius 3 is 2.67 bits per heavy atom. The molecule has 7 heteroatoms. The normalized spacial score (nSPS) is 11.8. The molecule has 0 saturated carbocycles. The summed E-state index contributed by atoms with van der Waals surface area (Å²) < 4.78 is 6.51. The van der Waals surface area contributed by atoms with Crippen molar-refractivity contribution < 1.29 is 9.53 Å². The highest BCUT2D eigenvalue weighted by Crippen LogP contribution is 2.28. The Labute approximate surface area is 167 Å². The fraction of sp³-hybridized carbons (Fsp3) is 0.250. The SMILES string of the molecule is Cc1ccc(CSc2nnc(NC(=O)[C@@H](C)Oc3cccc(C)c3)s2)cc1. The van der Waals surface area contributed by atoms with Crippen molar-refractivity contribution in [2.45, 2.75) is 37.0 Å². The van der Waals surface area contributed by atoms with Gasteiger partial charge in [-0.25, -0.2) is 0 Å². The summed E-state index contributed by atoms with van der Waals surface area (Å²) in [7, 11) is 0. The smallest absolute Gasteiger partial charge is 0.266 e. The van der Waals surface area contributed by atoms with Gasteiger partial charge in [-0.05, 0) is 44.0 Å². The van der Waals surface area contributed by atoms with E-state index in [0.717, 1.165) is 15.7 Å². The molecule has 0 aliphatic heterocycles. The van der Waals surface area contributed by atoms with Crippen LogP contribution >= 0.6 is 23.1 Å². The van der Waals surface area contributed by atoms with E-state index in [-0.39, 0.29) is 5.91 Å². The van der Waals surface area contributed by atoms with E-state index in [0.29, 0.717) is 10.9 Å². The molecule has 1 heterocycles. The predicted octanol–water partition coefficient (Wildman–Crippen LogP) is 4.85. The van der Waals surface area contributed by atoms with Crippen LogP contribution in [0.2, 0.25) is 0 Å². The van der Waals surface area contributed by atoms with Crippen molar-refractivity contribution in [1.82, 2.24) is 10.2 Å². The number of hydrogen-bond donors (Lipinski definition) is 1. The summed E-state index contributed by atoms with van der Waals surface area (Å²) >= 11 is 2.97. The van der Waals surface area contributed by atoms with Crippen LogP contribution in [0, 0.1) is 13.8 Å². The number of nitrogens with zero attached hydrogens (tertiary/aromatic N) is 2. The molecule has 1 aromatic heterocycles. The van der Waals surface area contributed by atoms with Gasteiger partial charge in [0, 0.05) is 5.75 Å². The summed E-state index contributed by atoms with van der Waals surface area (Å²) in [5, 5.41) is 11.4. The van der Waals surface area contributed by atoms with Crippen molar-refractivity contribution in [1.29, 1.82) is 0 Å². The first-order valence-electron chi connectivity index (χ1n) is 8.55. The zero-order chi connectivity index (χ0) is 19.2. The molecule has 3 aromatic rings. The summed E-state index contributed by atoms with van der Waals surface area (Å²) in [5.74, 6) is 1.24. The van der Waals surface area contributed by atoms with Crippen LogP contribution in [0.25, 0.3) is 0 Å². The van der Waals surface area contributed by atoms with E-state index in [4.69, 9.17) is 4.74 Å². The maximum atomic E-state index is 12.3. The minimum atomic E-state index is -0.626. The molecule has 3 rings (SSSR count). The average molecular weight is 400 g/mol. The number of aryl methyl sites for hydroxylation is 2. The lowest BCUT2D eigenvalue weighted by Gasteiger charge is -2.13. The number of carbonyl (C=O) groups is 1. The van der Waals surface area contributed by atoms with Crippen molar-refractivity contribution >= 4 is 34.1 Å². The van der Waals surface area contributed by atoms with Gasteiger partial charge in [-0.15, -0.1) is 10.2 Å². The van der Waals surface area contributed by atoms with E-state index < -0.39 is 6.10 Å². The molecule has 0 aliphatic rings. The van der Waals surface area contributed by atoms with Crippen molar-refractivity contribution in [3.05, 3.63) is 65.2 Å². The standard InChI is InChI=1S/C20H21N3O2S2/c1-13-7-9-16(10-8-13)12-26-20-23-22-19(27-20)21-18(24)15(3)25-17-6-4-5-14(2)11-17/h4-11,15H,12H2,1-3H3,(H,21,22,24)/t15-/m1/s1. The van der Waals surface area contributed by atoms with E-state index in [1.165, 1.54) is 22.5 Å². The number of anilines is 1. The second-order valence-electron chi connectivity index (χ2n) is 6.21. The molecule has 0 bridgehead atoms. The molecule has 5 nitrogen and oxygen atoms in total. The largest absolute Gasteiger partial charge is 0.481 e. The predicted molar refractivity (Wildman–Crippen MR) is 111 cm³/mol. The highest BCUT2D eigenvalue weighted by molar-refractivity contribution is 8.00. The number of rotatable bonds is 7. The summed E-state index contributed by atoms with van der Waals surface area (Å²) in [4.78, 5) is 12.3. The Morgan fingerprint density at radius 1 is 1.15 bits per heavy atom. The Kier molecular flexibility index (Phi) is 6.47. The topological polar surface area (TPSA) is 64.1 Å². The Hall–Kier alpha value is -2.38. The van der Waals surface area contributed by atoms with Crippen LogP contribution < -0.4 is 10.1 Å². The third-order valence-electron chi connectivity index (χ3n) is 3.79. The van der Waals surface area contributed by atoms with Gasteiger partial charge in [-0.1, -0.05) is 65.1 Å². The fourth-order valence-corrected chi connectivity index (χ4v) is 4.01. The van der Waals surface area contributed by atoms with Gasteiger partial charge in [0.05, 0.1) is 0 Å². The molecule has 2 aromatic carbocycles.